The highest BCUT2D eigenvalue weighted by molar-refractivity contribution is 4.64. The van der Waals surface area contributed by atoms with E-state index in [-0.39, 0.29) is 0 Å². The van der Waals surface area contributed by atoms with Gasteiger partial charge in [-0.25, -0.2) is 0 Å². The first-order valence-electron chi connectivity index (χ1n) is 6.45. The average Bonchev–Trinajstić information content (AvgIpc) is 2.24. The lowest BCUT2D eigenvalue weighted by molar-refractivity contribution is -0.158. The first-order valence-corrected chi connectivity index (χ1v) is 6.45. The Morgan fingerprint density at radius 1 is 1.00 bits per heavy atom. The summed E-state index contributed by atoms with van der Waals surface area (Å²) in [7, 11) is 0. The van der Waals surface area contributed by atoms with Crippen LogP contribution in [0.2, 0.25) is 0 Å². The molecule has 6 heteroatoms. The highest BCUT2D eigenvalue weighted by Gasteiger charge is 2.30. The number of ether oxygens (including phenoxy) is 2. The minimum absolute atomic E-state index is 0.331. The summed E-state index contributed by atoms with van der Waals surface area (Å²) >= 11 is 0. The Balaban J connectivity index is 4.13. The maximum Gasteiger partial charge on any atom is 0.401 e. The third-order valence-corrected chi connectivity index (χ3v) is 2.33. The zero-order chi connectivity index (χ0) is 14.0. The minimum Gasteiger partial charge on any atom is -0.353 e. The summed E-state index contributed by atoms with van der Waals surface area (Å²) in [6.07, 6.45) is -3.41. The number of rotatable bonds is 10. The van der Waals surface area contributed by atoms with Crippen LogP contribution in [0.15, 0.2) is 0 Å². The van der Waals surface area contributed by atoms with Crippen molar-refractivity contribution in [3.05, 3.63) is 0 Å². The molecule has 3 nitrogen and oxygen atoms in total. The molecule has 0 unspecified atom stereocenters. The molecule has 0 aliphatic rings. The Morgan fingerprint density at radius 2 is 1.56 bits per heavy atom. The fraction of sp³-hybridized carbons (Fsp3) is 1.00. The van der Waals surface area contributed by atoms with Gasteiger partial charge in [0.1, 0.15) is 0 Å². The second-order valence-electron chi connectivity index (χ2n) is 4.02. The summed E-state index contributed by atoms with van der Waals surface area (Å²) in [5.41, 5.74) is 0. The zero-order valence-electron chi connectivity index (χ0n) is 11.4. The van der Waals surface area contributed by atoms with E-state index in [1.165, 1.54) is 4.90 Å². The second-order valence-corrected chi connectivity index (χ2v) is 4.02. The van der Waals surface area contributed by atoms with Gasteiger partial charge in [-0.1, -0.05) is 6.92 Å². The van der Waals surface area contributed by atoms with Gasteiger partial charge in [0.2, 0.25) is 0 Å². The van der Waals surface area contributed by atoms with Crippen molar-refractivity contribution in [3.8, 4) is 0 Å². The molecule has 0 rings (SSSR count). The van der Waals surface area contributed by atoms with Gasteiger partial charge in [-0.15, -0.1) is 0 Å². The lowest BCUT2D eigenvalue weighted by Gasteiger charge is -2.25. The van der Waals surface area contributed by atoms with Crippen LogP contribution in [0.5, 0.6) is 0 Å². The van der Waals surface area contributed by atoms with Gasteiger partial charge in [0.25, 0.3) is 0 Å². The Bertz CT molecular complexity index is 194. The number of hydrogen-bond acceptors (Lipinski definition) is 3. The van der Waals surface area contributed by atoms with E-state index in [4.69, 9.17) is 9.47 Å². The summed E-state index contributed by atoms with van der Waals surface area (Å²) in [6, 6.07) is 0. The molecule has 18 heavy (non-hydrogen) atoms. The maximum absolute atomic E-state index is 12.3. The third-order valence-electron chi connectivity index (χ3n) is 2.33. The van der Waals surface area contributed by atoms with Gasteiger partial charge in [-0.3, -0.25) is 4.90 Å². The summed E-state index contributed by atoms with van der Waals surface area (Å²) < 4.78 is 47.7. The zero-order valence-corrected chi connectivity index (χ0v) is 11.4. The van der Waals surface area contributed by atoms with Crippen molar-refractivity contribution in [1.29, 1.82) is 0 Å². The molecule has 0 bridgehead atoms. The second kappa shape index (κ2) is 9.58. The van der Waals surface area contributed by atoms with Gasteiger partial charge in [0.05, 0.1) is 6.54 Å². The molecule has 0 aliphatic carbocycles. The fourth-order valence-corrected chi connectivity index (χ4v) is 1.71. The van der Waals surface area contributed by atoms with Crippen LogP contribution in [0.4, 0.5) is 13.2 Å². The molecule has 0 fully saturated rings. The monoisotopic (exact) mass is 271 g/mol. The average molecular weight is 271 g/mol. The van der Waals surface area contributed by atoms with Gasteiger partial charge < -0.3 is 9.47 Å². The van der Waals surface area contributed by atoms with E-state index in [9.17, 15) is 13.2 Å². The van der Waals surface area contributed by atoms with Gasteiger partial charge >= 0.3 is 6.18 Å². The van der Waals surface area contributed by atoms with Crippen LogP contribution in [0, 0.1) is 0 Å². The Labute approximate surface area is 107 Å². The lowest BCUT2D eigenvalue weighted by atomic mass is 10.3. The van der Waals surface area contributed by atoms with Crippen molar-refractivity contribution in [2.24, 2.45) is 0 Å². The summed E-state index contributed by atoms with van der Waals surface area (Å²) in [5.74, 6) is 0. The number of halogens is 3. The molecule has 0 spiro atoms. The van der Waals surface area contributed by atoms with Gasteiger partial charge in [0.15, 0.2) is 6.29 Å². The van der Waals surface area contributed by atoms with Crippen LogP contribution in [-0.4, -0.2) is 50.2 Å². The Kier molecular flexibility index (Phi) is 9.40. The van der Waals surface area contributed by atoms with Crippen LogP contribution in [0.1, 0.15) is 33.6 Å². The molecule has 0 saturated carbocycles. The summed E-state index contributed by atoms with van der Waals surface area (Å²) in [6.45, 7) is 6.44. The smallest absolute Gasteiger partial charge is 0.353 e. The van der Waals surface area contributed by atoms with Crippen LogP contribution in [0.3, 0.4) is 0 Å². The van der Waals surface area contributed by atoms with E-state index < -0.39 is 19.0 Å². The van der Waals surface area contributed by atoms with Gasteiger partial charge in [-0.2, -0.15) is 13.2 Å². The van der Waals surface area contributed by atoms with Crippen molar-refractivity contribution in [1.82, 2.24) is 4.90 Å². The maximum atomic E-state index is 12.3. The molecule has 0 radical (unpaired) electrons. The standard InChI is InChI=1S/C12H24F3NO2/c1-4-8-16(10-12(13,14)15)9-7-11(17-5-2)18-6-3/h11H,4-10H2,1-3H3. The largest absolute Gasteiger partial charge is 0.401 e. The van der Waals surface area contributed by atoms with E-state index >= 15 is 0 Å². The molecule has 0 heterocycles. The fourth-order valence-electron chi connectivity index (χ4n) is 1.71. The van der Waals surface area contributed by atoms with E-state index in [2.05, 4.69) is 0 Å². The normalized spacial score (nSPS) is 12.7. The number of nitrogens with zero attached hydrogens (tertiary/aromatic N) is 1. The van der Waals surface area contributed by atoms with Crippen LogP contribution >= 0.6 is 0 Å². The van der Waals surface area contributed by atoms with Gasteiger partial charge in [0, 0.05) is 26.2 Å². The predicted octanol–water partition coefficient (Wildman–Crippen LogP) is 3.05. The summed E-state index contributed by atoms with van der Waals surface area (Å²) in [5, 5.41) is 0. The van der Waals surface area contributed by atoms with Crippen molar-refractivity contribution < 1.29 is 22.6 Å². The van der Waals surface area contributed by atoms with Crippen LogP contribution in [-0.2, 0) is 9.47 Å². The molecular weight excluding hydrogens is 247 g/mol. The molecule has 0 aliphatic heterocycles. The molecular formula is C12H24F3NO2. The van der Waals surface area contributed by atoms with Crippen molar-refractivity contribution in [2.45, 2.75) is 46.1 Å². The third kappa shape index (κ3) is 9.67. The molecule has 0 aromatic rings. The molecule has 0 aromatic carbocycles. The van der Waals surface area contributed by atoms with Crippen LogP contribution in [0.25, 0.3) is 0 Å². The van der Waals surface area contributed by atoms with Crippen LogP contribution < -0.4 is 0 Å². The lowest BCUT2D eigenvalue weighted by Crippen LogP contribution is -2.37. The van der Waals surface area contributed by atoms with E-state index in [1.807, 2.05) is 20.8 Å². The number of alkyl halides is 3. The Hall–Kier alpha value is -0.330. The van der Waals surface area contributed by atoms with Crippen molar-refractivity contribution in [2.75, 3.05) is 32.8 Å². The van der Waals surface area contributed by atoms with Gasteiger partial charge in [-0.05, 0) is 26.8 Å². The molecule has 0 atom stereocenters. The van der Waals surface area contributed by atoms with E-state index in [1.54, 1.807) is 0 Å². The highest BCUT2D eigenvalue weighted by atomic mass is 19.4. The molecule has 0 aromatic heterocycles. The van der Waals surface area contributed by atoms with Crippen molar-refractivity contribution >= 4 is 0 Å². The quantitative estimate of drug-likeness (QED) is 0.570. The number of hydrogen-bond donors (Lipinski definition) is 0. The molecule has 0 N–H and O–H groups in total. The first-order chi connectivity index (χ1) is 8.42. The van der Waals surface area contributed by atoms with Crippen molar-refractivity contribution in [3.63, 3.8) is 0 Å². The SMILES string of the molecule is CCCN(CCC(OCC)OCC)CC(F)(F)F. The predicted molar refractivity (Wildman–Crippen MR) is 64.4 cm³/mol. The molecule has 110 valence electrons. The molecule has 0 saturated heterocycles. The Morgan fingerprint density at radius 3 is 1.94 bits per heavy atom. The minimum atomic E-state index is -4.15. The first kappa shape index (κ1) is 17.7. The van der Waals surface area contributed by atoms with E-state index in [0.717, 1.165) is 0 Å². The molecule has 0 amide bonds. The highest BCUT2D eigenvalue weighted by Crippen LogP contribution is 2.17. The topological polar surface area (TPSA) is 21.7 Å². The summed E-state index contributed by atoms with van der Waals surface area (Å²) in [4.78, 5) is 1.39. The van der Waals surface area contributed by atoms with E-state index in [0.29, 0.717) is 39.1 Å².